The van der Waals surface area contributed by atoms with Crippen LogP contribution in [0.3, 0.4) is 0 Å². The molecule has 0 unspecified atom stereocenters. The van der Waals surface area contributed by atoms with E-state index >= 15 is 0 Å². The first-order valence-electron chi connectivity index (χ1n) is 11.2. The molecule has 0 N–H and O–H groups in total. The van der Waals surface area contributed by atoms with Gasteiger partial charge in [0, 0.05) is 93.4 Å². The third-order valence-electron chi connectivity index (χ3n) is 3.40. The fourth-order valence-electron chi connectivity index (χ4n) is 1.87. The summed E-state index contributed by atoms with van der Waals surface area (Å²) in [5, 5.41) is 0. The quantitative estimate of drug-likeness (QED) is 0.276. The van der Waals surface area contributed by atoms with E-state index in [-0.39, 0.29) is 0 Å². The summed E-state index contributed by atoms with van der Waals surface area (Å²) in [5.41, 5.74) is 0. The van der Waals surface area contributed by atoms with Crippen molar-refractivity contribution in [2.24, 2.45) is 0 Å². The normalized spacial score (nSPS) is 7.43. The molecule has 0 spiro atoms. The summed E-state index contributed by atoms with van der Waals surface area (Å²) in [6.07, 6.45) is 12.3. The summed E-state index contributed by atoms with van der Waals surface area (Å²) >= 11 is 0. The summed E-state index contributed by atoms with van der Waals surface area (Å²) in [5.74, 6) is 39.6. The average molecular weight is 465 g/mol. The van der Waals surface area contributed by atoms with E-state index in [1.807, 2.05) is 0 Å². The lowest BCUT2D eigenvalue weighted by molar-refractivity contribution is 0.0598. The van der Waals surface area contributed by atoms with E-state index < -0.39 is 0 Å². The second-order valence-corrected chi connectivity index (χ2v) is 6.22. The summed E-state index contributed by atoms with van der Waals surface area (Å²) in [6.45, 7) is 6.96. The van der Waals surface area contributed by atoms with Crippen LogP contribution in [0.5, 0.6) is 0 Å². The molecule has 0 heterocycles. The summed E-state index contributed by atoms with van der Waals surface area (Å²) < 4.78 is 21.7. The van der Waals surface area contributed by atoms with Crippen LogP contribution >= 0.6 is 0 Å². The summed E-state index contributed by atoms with van der Waals surface area (Å²) in [7, 11) is 0. The highest BCUT2D eigenvalue weighted by Crippen LogP contribution is 1.92. The van der Waals surface area contributed by atoms with Crippen molar-refractivity contribution in [2.45, 2.75) is 39.0 Å². The Hall–Kier alpha value is -4.28. The van der Waals surface area contributed by atoms with Crippen molar-refractivity contribution >= 4 is 0 Å². The first-order valence-corrected chi connectivity index (χ1v) is 11.2. The number of ether oxygens (including phenoxy) is 4. The maximum absolute atomic E-state index is 5.53. The van der Waals surface area contributed by atoms with Gasteiger partial charge in [0.2, 0.25) is 0 Å². The van der Waals surface area contributed by atoms with Crippen LogP contribution in [0.2, 0.25) is 0 Å². The summed E-state index contributed by atoms with van der Waals surface area (Å²) in [6, 6.07) is 0. The SMILES string of the molecule is C#CC#CC#CC#CC#CC#CC#CC#CC#COCCCOCCCOCCCOCCCC. The van der Waals surface area contributed by atoms with Crippen LogP contribution in [0.15, 0.2) is 0 Å². The van der Waals surface area contributed by atoms with Gasteiger partial charge in [-0.2, -0.15) is 0 Å². The van der Waals surface area contributed by atoms with Gasteiger partial charge in [-0.15, -0.1) is 6.42 Å². The van der Waals surface area contributed by atoms with E-state index in [1.165, 1.54) is 0 Å². The Morgan fingerprint density at radius 3 is 1.17 bits per heavy atom. The van der Waals surface area contributed by atoms with E-state index in [0.29, 0.717) is 26.4 Å². The minimum Gasteiger partial charge on any atom is -0.446 e. The Morgan fingerprint density at radius 1 is 0.429 bits per heavy atom. The van der Waals surface area contributed by atoms with Crippen LogP contribution in [-0.4, -0.2) is 46.2 Å². The van der Waals surface area contributed by atoms with Gasteiger partial charge < -0.3 is 18.9 Å². The molecular weight excluding hydrogens is 436 g/mol. The molecule has 0 aromatic rings. The highest BCUT2D eigenvalue weighted by atomic mass is 16.5. The van der Waals surface area contributed by atoms with Crippen molar-refractivity contribution in [1.82, 2.24) is 0 Å². The van der Waals surface area contributed by atoms with E-state index in [1.54, 1.807) is 0 Å². The Morgan fingerprint density at radius 2 is 0.771 bits per heavy atom. The molecule has 0 rings (SSSR count). The van der Waals surface area contributed by atoms with Gasteiger partial charge in [-0.3, -0.25) is 0 Å². The van der Waals surface area contributed by atoms with Gasteiger partial charge in [0.1, 0.15) is 12.7 Å². The molecule has 0 aliphatic rings. The molecule has 0 saturated heterocycles. The van der Waals surface area contributed by atoms with Crippen molar-refractivity contribution in [3.8, 4) is 107 Å². The zero-order valence-electron chi connectivity index (χ0n) is 20.2. The minimum absolute atomic E-state index is 0.478. The predicted molar refractivity (Wildman–Crippen MR) is 138 cm³/mol. The van der Waals surface area contributed by atoms with Gasteiger partial charge in [0.15, 0.2) is 0 Å². The minimum atomic E-state index is 0.478. The lowest BCUT2D eigenvalue weighted by atomic mass is 10.4. The number of rotatable bonds is 15. The van der Waals surface area contributed by atoms with Crippen molar-refractivity contribution in [3.63, 3.8) is 0 Å². The second kappa shape index (κ2) is 29.7. The van der Waals surface area contributed by atoms with E-state index in [2.05, 4.69) is 108 Å². The molecule has 176 valence electrons. The third kappa shape index (κ3) is 29.7. The van der Waals surface area contributed by atoms with Gasteiger partial charge in [0.05, 0.1) is 0 Å². The monoisotopic (exact) mass is 464 g/mol. The van der Waals surface area contributed by atoms with E-state index in [9.17, 15) is 0 Å². The molecule has 0 saturated carbocycles. The molecule has 35 heavy (non-hydrogen) atoms. The third-order valence-corrected chi connectivity index (χ3v) is 3.40. The Bertz CT molecular complexity index is 1130. The molecule has 4 heteroatoms. The van der Waals surface area contributed by atoms with Gasteiger partial charge in [-0.05, 0) is 66.6 Å². The lowest BCUT2D eigenvalue weighted by Gasteiger charge is -2.06. The van der Waals surface area contributed by atoms with Crippen LogP contribution in [0, 0.1) is 107 Å². The molecule has 0 bridgehead atoms. The van der Waals surface area contributed by atoms with Crippen LogP contribution in [-0.2, 0) is 18.9 Å². The molecule has 0 aliphatic heterocycles. The predicted octanol–water partition coefficient (Wildman–Crippen LogP) is 2.64. The number of terminal acetylenes is 1. The molecule has 0 atom stereocenters. The number of hydrogen-bond acceptors (Lipinski definition) is 4. The van der Waals surface area contributed by atoms with Crippen molar-refractivity contribution in [3.05, 3.63) is 0 Å². The van der Waals surface area contributed by atoms with Gasteiger partial charge in [0.25, 0.3) is 0 Å². The molecule has 0 aromatic heterocycles. The first-order chi connectivity index (χ1) is 17.4. The molecule has 0 radical (unpaired) electrons. The molecule has 0 fully saturated rings. The van der Waals surface area contributed by atoms with E-state index in [0.717, 1.165) is 51.9 Å². The zero-order chi connectivity index (χ0) is 25.3. The first kappa shape index (κ1) is 30.7. The van der Waals surface area contributed by atoms with Crippen LogP contribution in [0.25, 0.3) is 0 Å². The second-order valence-electron chi connectivity index (χ2n) is 6.22. The molecule has 4 nitrogen and oxygen atoms in total. The Kier molecular flexibility index (Phi) is 26.1. The molecule has 0 aromatic carbocycles. The largest absolute Gasteiger partial charge is 0.446 e. The fraction of sp³-hybridized carbons (Fsp3) is 0.419. The average Bonchev–Trinajstić information content (AvgIpc) is 2.87. The highest BCUT2D eigenvalue weighted by Gasteiger charge is 1.93. The zero-order valence-corrected chi connectivity index (χ0v) is 20.2. The van der Waals surface area contributed by atoms with Gasteiger partial charge >= 0.3 is 0 Å². The number of hydrogen-bond donors (Lipinski definition) is 0. The summed E-state index contributed by atoms with van der Waals surface area (Å²) in [4.78, 5) is 0. The number of unbranched alkanes of at least 4 members (excludes halogenated alkanes) is 1. The maximum Gasteiger partial charge on any atom is 0.124 e. The topological polar surface area (TPSA) is 36.9 Å². The standard InChI is InChI=1S/C31H28O4/c1-3-5-7-8-9-10-11-12-13-14-15-16-17-18-19-20-25-33-27-22-29-35-31-23-30-34-28-21-26-32-24-6-4-2/h1H,4,6,21-24,26-31H2,2H3. The smallest absolute Gasteiger partial charge is 0.124 e. The van der Waals surface area contributed by atoms with Crippen molar-refractivity contribution in [2.75, 3.05) is 46.2 Å². The lowest BCUT2D eigenvalue weighted by Crippen LogP contribution is -2.06. The highest BCUT2D eigenvalue weighted by molar-refractivity contribution is 5.46. The maximum atomic E-state index is 5.53. The Balaban J connectivity index is 3.64. The van der Waals surface area contributed by atoms with Gasteiger partial charge in [-0.25, -0.2) is 0 Å². The molecule has 0 amide bonds. The van der Waals surface area contributed by atoms with Crippen LogP contribution in [0.1, 0.15) is 39.0 Å². The van der Waals surface area contributed by atoms with Crippen LogP contribution in [0.4, 0.5) is 0 Å². The van der Waals surface area contributed by atoms with Crippen LogP contribution < -0.4 is 0 Å². The Labute approximate surface area is 211 Å². The van der Waals surface area contributed by atoms with Gasteiger partial charge in [-0.1, -0.05) is 13.3 Å². The van der Waals surface area contributed by atoms with E-state index in [4.69, 9.17) is 25.4 Å². The fourth-order valence-corrected chi connectivity index (χ4v) is 1.87. The van der Waals surface area contributed by atoms with Crippen molar-refractivity contribution in [1.29, 1.82) is 0 Å². The molecular formula is C31H28O4. The molecule has 0 aliphatic carbocycles. The van der Waals surface area contributed by atoms with Crippen molar-refractivity contribution < 1.29 is 18.9 Å².